The summed E-state index contributed by atoms with van der Waals surface area (Å²) in [5.41, 5.74) is 2.91. The van der Waals surface area contributed by atoms with E-state index >= 15 is 0 Å². The molecule has 0 saturated carbocycles. The second kappa shape index (κ2) is 4.40. The van der Waals surface area contributed by atoms with Crippen molar-refractivity contribution >= 4 is 0 Å². The average Bonchev–Trinajstić information content (AvgIpc) is 2.76. The third-order valence-corrected chi connectivity index (χ3v) is 3.26. The van der Waals surface area contributed by atoms with Gasteiger partial charge in [-0.2, -0.15) is 5.10 Å². The van der Waals surface area contributed by atoms with Crippen LogP contribution in [-0.2, 0) is 19.4 Å². The van der Waals surface area contributed by atoms with Gasteiger partial charge in [0.05, 0.1) is 11.4 Å². The van der Waals surface area contributed by atoms with E-state index in [1.54, 1.807) is 6.07 Å². The molecule has 94 valence electrons. The van der Waals surface area contributed by atoms with Crippen molar-refractivity contribution in [3.8, 4) is 0 Å². The summed E-state index contributed by atoms with van der Waals surface area (Å²) < 4.78 is 6.58. The molecule has 1 aliphatic rings. The Morgan fingerprint density at radius 3 is 2.94 bits per heavy atom. The topological polar surface area (TPSA) is 60.9 Å². The van der Waals surface area contributed by atoms with E-state index in [1.807, 2.05) is 13.0 Å². The first-order valence-corrected chi connectivity index (χ1v) is 6.24. The zero-order valence-electron chi connectivity index (χ0n) is 10.3. The molecule has 0 aromatic carbocycles. The van der Waals surface area contributed by atoms with Crippen LogP contribution in [-0.4, -0.2) is 14.9 Å². The van der Waals surface area contributed by atoms with Crippen molar-refractivity contribution < 1.29 is 4.52 Å². The van der Waals surface area contributed by atoms with Crippen LogP contribution in [0.5, 0.6) is 0 Å². The summed E-state index contributed by atoms with van der Waals surface area (Å²) in [4.78, 5) is 11.9. The fourth-order valence-electron chi connectivity index (χ4n) is 2.35. The van der Waals surface area contributed by atoms with Gasteiger partial charge in [0.15, 0.2) is 5.76 Å². The number of hydrogen-bond acceptors (Lipinski definition) is 4. The SMILES string of the molecule is Cc1cc(Cn2nc3c(cc2=O)CCCC3)on1. The minimum atomic E-state index is -0.0651. The van der Waals surface area contributed by atoms with E-state index in [4.69, 9.17) is 4.52 Å². The van der Waals surface area contributed by atoms with Gasteiger partial charge < -0.3 is 4.52 Å². The lowest BCUT2D eigenvalue weighted by Gasteiger charge is -2.15. The molecule has 0 radical (unpaired) electrons. The number of aryl methyl sites for hydroxylation is 3. The van der Waals surface area contributed by atoms with Gasteiger partial charge in [0.25, 0.3) is 5.56 Å². The fourth-order valence-corrected chi connectivity index (χ4v) is 2.35. The van der Waals surface area contributed by atoms with Crippen molar-refractivity contribution in [2.24, 2.45) is 0 Å². The van der Waals surface area contributed by atoms with Crippen molar-refractivity contribution in [2.75, 3.05) is 0 Å². The Morgan fingerprint density at radius 1 is 1.33 bits per heavy atom. The largest absolute Gasteiger partial charge is 0.359 e. The van der Waals surface area contributed by atoms with Gasteiger partial charge in [-0.15, -0.1) is 0 Å². The number of nitrogens with zero attached hydrogens (tertiary/aromatic N) is 3. The maximum absolute atomic E-state index is 11.9. The van der Waals surface area contributed by atoms with E-state index in [-0.39, 0.29) is 5.56 Å². The lowest BCUT2D eigenvalue weighted by atomic mass is 9.97. The third kappa shape index (κ3) is 2.08. The normalized spacial score (nSPS) is 14.5. The quantitative estimate of drug-likeness (QED) is 0.803. The predicted octanol–water partition coefficient (Wildman–Crippen LogP) is 1.47. The minimum Gasteiger partial charge on any atom is -0.359 e. The summed E-state index contributed by atoms with van der Waals surface area (Å²) in [6.07, 6.45) is 4.24. The highest BCUT2D eigenvalue weighted by Crippen LogP contribution is 2.17. The van der Waals surface area contributed by atoms with Crippen molar-refractivity contribution in [3.05, 3.63) is 45.2 Å². The number of hydrogen-bond donors (Lipinski definition) is 0. The van der Waals surface area contributed by atoms with Gasteiger partial charge >= 0.3 is 0 Å². The molecule has 2 heterocycles. The van der Waals surface area contributed by atoms with Crippen molar-refractivity contribution in [3.63, 3.8) is 0 Å². The first kappa shape index (κ1) is 11.2. The van der Waals surface area contributed by atoms with Gasteiger partial charge in [0, 0.05) is 12.1 Å². The van der Waals surface area contributed by atoms with Crippen LogP contribution in [0.25, 0.3) is 0 Å². The van der Waals surface area contributed by atoms with Gasteiger partial charge in [-0.25, -0.2) is 4.68 Å². The molecule has 2 aromatic heterocycles. The first-order valence-electron chi connectivity index (χ1n) is 6.24. The molecule has 0 N–H and O–H groups in total. The molecule has 0 aliphatic heterocycles. The summed E-state index contributed by atoms with van der Waals surface area (Å²) in [6.45, 7) is 2.21. The molecule has 5 heteroatoms. The van der Waals surface area contributed by atoms with Crippen LogP contribution in [0.1, 0.15) is 35.6 Å². The number of fused-ring (bicyclic) bond motifs is 1. The van der Waals surface area contributed by atoms with E-state index in [1.165, 1.54) is 4.68 Å². The molecule has 2 aromatic rings. The Labute approximate surface area is 104 Å². The second-order valence-electron chi connectivity index (χ2n) is 4.75. The van der Waals surface area contributed by atoms with Crippen LogP contribution >= 0.6 is 0 Å². The van der Waals surface area contributed by atoms with E-state index in [9.17, 15) is 4.79 Å². The molecule has 18 heavy (non-hydrogen) atoms. The van der Waals surface area contributed by atoms with Gasteiger partial charge in [-0.05, 0) is 38.2 Å². The number of aromatic nitrogens is 3. The summed E-state index contributed by atoms with van der Waals surface area (Å²) in [5.74, 6) is 0.665. The molecule has 0 spiro atoms. The Bertz CT molecular complexity index is 627. The molecule has 0 amide bonds. The highest BCUT2D eigenvalue weighted by atomic mass is 16.5. The average molecular weight is 245 g/mol. The lowest BCUT2D eigenvalue weighted by Crippen LogP contribution is -2.26. The van der Waals surface area contributed by atoms with Crippen molar-refractivity contribution in [1.82, 2.24) is 14.9 Å². The Hall–Kier alpha value is -1.91. The summed E-state index contributed by atoms with van der Waals surface area (Å²) in [7, 11) is 0. The Kier molecular flexibility index (Phi) is 2.74. The van der Waals surface area contributed by atoms with Crippen molar-refractivity contribution in [1.29, 1.82) is 0 Å². The smallest absolute Gasteiger partial charge is 0.267 e. The molecule has 0 atom stereocenters. The van der Waals surface area contributed by atoms with Gasteiger partial charge in [-0.1, -0.05) is 5.16 Å². The first-order chi connectivity index (χ1) is 8.72. The Morgan fingerprint density at radius 2 is 2.17 bits per heavy atom. The Balaban J connectivity index is 1.94. The van der Waals surface area contributed by atoms with Crippen LogP contribution in [0, 0.1) is 6.92 Å². The third-order valence-electron chi connectivity index (χ3n) is 3.26. The van der Waals surface area contributed by atoms with Crippen LogP contribution in [0.15, 0.2) is 21.5 Å². The molecule has 5 nitrogen and oxygen atoms in total. The van der Waals surface area contributed by atoms with Gasteiger partial charge in [0.1, 0.15) is 6.54 Å². The number of rotatable bonds is 2. The molecule has 0 bridgehead atoms. The standard InChI is InChI=1S/C13H15N3O2/c1-9-6-11(18-15-9)8-16-13(17)7-10-4-2-3-5-12(10)14-16/h6-7H,2-5,8H2,1H3. The van der Waals surface area contributed by atoms with E-state index < -0.39 is 0 Å². The second-order valence-corrected chi connectivity index (χ2v) is 4.75. The molecule has 0 fully saturated rings. The molecular weight excluding hydrogens is 230 g/mol. The summed E-state index contributed by atoms with van der Waals surface area (Å²) in [5, 5.41) is 8.25. The van der Waals surface area contributed by atoms with Crippen LogP contribution in [0.3, 0.4) is 0 Å². The molecular formula is C13H15N3O2. The zero-order chi connectivity index (χ0) is 12.5. The lowest BCUT2D eigenvalue weighted by molar-refractivity contribution is 0.364. The van der Waals surface area contributed by atoms with Crippen LogP contribution in [0.4, 0.5) is 0 Å². The van der Waals surface area contributed by atoms with Gasteiger partial charge in [0.2, 0.25) is 0 Å². The highest BCUT2D eigenvalue weighted by Gasteiger charge is 2.14. The molecule has 3 rings (SSSR count). The van der Waals surface area contributed by atoms with E-state index in [0.717, 1.165) is 42.6 Å². The summed E-state index contributed by atoms with van der Waals surface area (Å²) in [6, 6.07) is 3.54. The maximum atomic E-state index is 11.9. The van der Waals surface area contributed by atoms with Crippen molar-refractivity contribution in [2.45, 2.75) is 39.2 Å². The fraction of sp³-hybridized carbons (Fsp3) is 0.462. The summed E-state index contributed by atoms with van der Waals surface area (Å²) >= 11 is 0. The highest BCUT2D eigenvalue weighted by molar-refractivity contribution is 5.20. The monoisotopic (exact) mass is 245 g/mol. The van der Waals surface area contributed by atoms with Gasteiger partial charge in [-0.3, -0.25) is 4.79 Å². The minimum absolute atomic E-state index is 0.0651. The molecule has 0 saturated heterocycles. The van der Waals surface area contributed by atoms with E-state index in [2.05, 4.69) is 10.3 Å². The zero-order valence-corrected chi connectivity index (χ0v) is 10.3. The molecule has 0 unspecified atom stereocenters. The predicted molar refractivity (Wildman–Crippen MR) is 65.5 cm³/mol. The van der Waals surface area contributed by atoms with Crippen LogP contribution in [0.2, 0.25) is 0 Å². The molecule has 1 aliphatic carbocycles. The maximum Gasteiger partial charge on any atom is 0.267 e. The van der Waals surface area contributed by atoms with E-state index in [0.29, 0.717) is 12.3 Å². The van der Waals surface area contributed by atoms with Crippen LogP contribution < -0.4 is 5.56 Å².